The minimum atomic E-state index is -0.149. The van der Waals surface area contributed by atoms with Crippen LogP contribution in [0.4, 0.5) is 0 Å². The van der Waals surface area contributed by atoms with Crippen molar-refractivity contribution >= 4 is 28.8 Å². The lowest BCUT2D eigenvalue weighted by molar-refractivity contribution is 0.0945. The van der Waals surface area contributed by atoms with Crippen molar-refractivity contribution in [3.63, 3.8) is 0 Å². The highest BCUT2D eigenvalue weighted by Crippen LogP contribution is 2.35. The van der Waals surface area contributed by atoms with E-state index in [0.717, 1.165) is 17.8 Å². The van der Waals surface area contributed by atoms with Gasteiger partial charge in [0, 0.05) is 30.9 Å². The Hall–Kier alpha value is -2.15. The number of aromatic nitrogens is 2. The van der Waals surface area contributed by atoms with Gasteiger partial charge < -0.3 is 11.1 Å². The smallest absolute Gasteiger partial charge is 0.261 e. The van der Waals surface area contributed by atoms with Crippen molar-refractivity contribution in [2.45, 2.75) is 33.4 Å². The number of carbonyl (C=O) groups excluding carboxylic acids is 1. The van der Waals surface area contributed by atoms with Gasteiger partial charge in [-0.1, -0.05) is 47.5 Å². The second-order valence-corrected chi connectivity index (χ2v) is 7.75. The second kappa shape index (κ2) is 10.3. The third-order valence-corrected chi connectivity index (χ3v) is 5.23. The average Bonchev–Trinajstić information content (AvgIpc) is 3.28. The van der Waals surface area contributed by atoms with Crippen LogP contribution in [0.3, 0.4) is 0 Å². The van der Waals surface area contributed by atoms with Crippen LogP contribution in [0.25, 0.3) is 11.3 Å². The third kappa shape index (κ3) is 5.92. The van der Waals surface area contributed by atoms with Gasteiger partial charge in [0.25, 0.3) is 5.91 Å². The number of thiophene rings is 1. The summed E-state index contributed by atoms with van der Waals surface area (Å²) in [6.07, 6.45) is 1.73. The number of nitrogens with two attached hydrogens (primary N) is 1. The average molecular weight is 405 g/mol. The van der Waals surface area contributed by atoms with Gasteiger partial charge in [0.1, 0.15) is 4.34 Å². The molecule has 2 aromatic heterocycles. The predicted molar refractivity (Wildman–Crippen MR) is 113 cm³/mol. The molecule has 0 aliphatic heterocycles. The molecule has 0 fully saturated rings. The summed E-state index contributed by atoms with van der Waals surface area (Å²) in [7, 11) is 0. The van der Waals surface area contributed by atoms with Crippen molar-refractivity contribution in [2.75, 3.05) is 6.54 Å². The van der Waals surface area contributed by atoms with Crippen molar-refractivity contribution in [3.05, 3.63) is 63.4 Å². The molecule has 5 nitrogen and oxygen atoms in total. The maximum atomic E-state index is 12.1. The second-order valence-electron chi connectivity index (χ2n) is 6.10. The van der Waals surface area contributed by atoms with E-state index in [-0.39, 0.29) is 11.9 Å². The molecule has 1 atom stereocenters. The van der Waals surface area contributed by atoms with Crippen LogP contribution in [0, 0.1) is 6.92 Å². The number of aryl methyl sites for hydroxylation is 2. The van der Waals surface area contributed by atoms with Crippen LogP contribution in [0.5, 0.6) is 0 Å². The summed E-state index contributed by atoms with van der Waals surface area (Å²) in [4.78, 5) is 12.6. The molecule has 1 amide bonds. The van der Waals surface area contributed by atoms with Gasteiger partial charge in [0.05, 0.1) is 10.6 Å². The summed E-state index contributed by atoms with van der Waals surface area (Å²) in [5, 5.41) is 7.04. The molecule has 7 heteroatoms. The van der Waals surface area contributed by atoms with Crippen molar-refractivity contribution in [2.24, 2.45) is 5.73 Å². The van der Waals surface area contributed by atoms with Gasteiger partial charge in [-0.05, 0) is 32.9 Å². The third-order valence-electron chi connectivity index (χ3n) is 3.87. The molecule has 1 unspecified atom stereocenters. The largest absolute Gasteiger partial charge is 0.348 e. The zero-order chi connectivity index (χ0) is 19.8. The number of hydrogen-bond donors (Lipinski definition) is 2. The number of rotatable bonds is 5. The molecule has 0 saturated carbocycles. The van der Waals surface area contributed by atoms with Gasteiger partial charge in [-0.2, -0.15) is 5.10 Å². The van der Waals surface area contributed by atoms with Crippen LogP contribution >= 0.6 is 22.9 Å². The van der Waals surface area contributed by atoms with Gasteiger partial charge in [0.2, 0.25) is 0 Å². The molecule has 144 valence electrons. The minimum absolute atomic E-state index is 0.0620. The van der Waals surface area contributed by atoms with Crippen LogP contribution in [0.2, 0.25) is 4.34 Å². The molecule has 2 heterocycles. The van der Waals surface area contributed by atoms with Crippen LogP contribution in [-0.2, 0) is 6.54 Å². The van der Waals surface area contributed by atoms with Gasteiger partial charge in [-0.15, -0.1) is 11.3 Å². The van der Waals surface area contributed by atoms with Gasteiger partial charge in [-0.3, -0.25) is 9.48 Å². The summed E-state index contributed by atoms with van der Waals surface area (Å²) in [6, 6.07) is 13.9. The quantitative estimate of drug-likeness (QED) is 0.663. The number of hydrogen-bond acceptors (Lipinski definition) is 4. The van der Waals surface area contributed by atoms with Gasteiger partial charge >= 0.3 is 0 Å². The molecule has 1 aromatic carbocycles. The lowest BCUT2D eigenvalue weighted by Crippen LogP contribution is -2.37. The zero-order valence-electron chi connectivity index (χ0n) is 15.8. The Bertz CT molecular complexity index is 860. The molecule has 0 aliphatic carbocycles. The molecular weight excluding hydrogens is 380 g/mol. The van der Waals surface area contributed by atoms with Crippen LogP contribution in [-0.4, -0.2) is 28.3 Å². The maximum absolute atomic E-state index is 12.1. The van der Waals surface area contributed by atoms with E-state index in [4.69, 9.17) is 17.3 Å². The Morgan fingerprint density at radius 1 is 1.33 bits per heavy atom. The minimum Gasteiger partial charge on any atom is -0.348 e. The highest BCUT2D eigenvalue weighted by Gasteiger charge is 2.17. The first-order valence-corrected chi connectivity index (χ1v) is 9.99. The Labute approximate surface area is 169 Å². The number of amides is 1. The van der Waals surface area contributed by atoms with E-state index < -0.39 is 0 Å². The molecule has 0 saturated heterocycles. The van der Waals surface area contributed by atoms with Crippen LogP contribution in [0.15, 0.2) is 48.7 Å². The van der Waals surface area contributed by atoms with E-state index in [1.807, 2.05) is 42.8 Å². The number of nitrogens with zero attached hydrogens (tertiary/aromatic N) is 2. The fourth-order valence-electron chi connectivity index (χ4n) is 2.36. The van der Waals surface area contributed by atoms with Crippen molar-refractivity contribution in [1.82, 2.24) is 15.1 Å². The maximum Gasteiger partial charge on any atom is 0.261 e. The van der Waals surface area contributed by atoms with E-state index in [2.05, 4.69) is 29.5 Å². The van der Waals surface area contributed by atoms with Gasteiger partial charge in [-0.25, -0.2) is 0 Å². The molecule has 3 aromatic rings. The Kier molecular flexibility index (Phi) is 8.03. The monoisotopic (exact) mass is 404 g/mol. The molecule has 0 bridgehead atoms. The fraction of sp³-hybridized carbons (Fsp3) is 0.300. The molecule has 0 spiro atoms. The van der Waals surface area contributed by atoms with Gasteiger partial charge in [0.15, 0.2) is 0 Å². The summed E-state index contributed by atoms with van der Waals surface area (Å²) in [5.74, 6) is -0.149. The van der Waals surface area contributed by atoms with E-state index in [9.17, 15) is 4.79 Å². The van der Waals surface area contributed by atoms with E-state index >= 15 is 0 Å². The van der Waals surface area contributed by atoms with Crippen molar-refractivity contribution in [3.8, 4) is 11.3 Å². The zero-order valence-corrected chi connectivity index (χ0v) is 17.3. The number of carbonyl (C=O) groups is 1. The molecule has 3 rings (SSSR count). The molecule has 3 N–H and O–H groups in total. The number of nitrogens with one attached hydrogen (secondary N) is 1. The molecule has 27 heavy (non-hydrogen) atoms. The first-order chi connectivity index (χ1) is 13.0. The first-order valence-electron chi connectivity index (χ1n) is 8.80. The lowest BCUT2D eigenvalue weighted by Gasteiger charge is -2.09. The highest BCUT2D eigenvalue weighted by molar-refractivity contribution is 7.18. The molecule has 0 aliphatic rings. The van der Waals surface area contributed by atoms with E-state index in [1.54, 1.807) is 12.3 Å². The normalized spacial score (nSPS) is 11.4. The number of benzene rings is 1. The van der Waals surface area contributed by atoms with Crippen molar-refractivity contribution < 1.29 is 4.79 Å². The topological polar surface area (TPSA) is 72.9 Å². The number of halogens is 1. The summed E-state index contributed by atoms with van der Waals surface area (Å²) < 4.78 is 2.43. The summed E-state index contributed by atoms with van der Waals surface area (Å²) >= 11 is 7.52. The van der Waals surface area contributed by atoms with Crippen LogP contribution in [0.1, 0.15) is 29.1 Å². The molecule has 0 radical (unpaired) electrons. The van der Waals surface area contributed by atoms with Crippen molar-refractivity contribution in [1.29, 1.82) is 0 Å². The van der Waals surface area contributed by atoms with E-state index in [1.165, 1.54) is 16.9 Å². The standard InChI is InChI=1S/C13H17ClN4OS.C7H8/c1-3-18-10(4-5-16-18)9-6-11(20-12(9)14)13(19)17-8(2)7-15;1-7-5-3-2-4-6-7/h4-6,8H,3,7,15H2,1-2H3,(H,17,19);2-6H,1H3. The predicted octanol–water partition coefficient (Wildman–Crippen LogP) is 4.36. The molecular formula is C20H25ClN4OS. The fourth-order valence-corrected chi connectivity index (χ4v) is 3.55. The lowest BCUT2D eigenvalue weighted by atomic mass is 10.2. The Morgan fingerprint density at radius 3 is 2.59 bits per heavy atom. The Balaban J connectivity index is 0.000000313. The first kappa shape index (κ1) is 21.2. The SMILES string of the molecule is CCn1nccc1-c1cc(C(=O)NC(C)CN)sc1Cl.Cc1ccccc1. The summed E-state index contributed by atoms with van der Waals surface area (Å²) in [5.41, 5.74) is 8.57. The summed E-state index contributed by atoms with van der Waals surface area (Å²) in [6.45, 7) is 7.11. The van der Waals surface area contributed by atoms with E-state index in [0.29, 0.717) is 15.8 Å². The Morgan fingerprint density at radius 2 is 2.04 bits per heavy atom. The highest BCUT2D eigenvalue weighted by atomic mass is 35.5. The van der Waals surface area contributed by atoms with Crippen LogP contribution < -0.4 is 11.1 Å².